The van der Waals surface area contributed by atoms with Gasteiger partial charge in [-0.2, -0.15) is 0 Å². The molecule has 0 radical (unpaired) electrons. The van der Waals surface area contributed by atoms with Gasteiger partial charge in [-0.15, -0.1) is 0 Å². The number of amides is 4. The van der Waals surface area contributed by atoms with Gasteiger partial charge in [0, 0.05) is 31.6 Å². The van der Waals surface area contributed by atoms with Crippen LogP contribution in [0.5, 0.6) is 5.75 Å². The predicted octanol–water partition coefficient (Wildman–Crippen LogP) is 1.62. The van der Waals surface area contributed by atoms with Crippen molar-refractivity contribution in [3.63, 3.8) is 0 Å². The van der Waals surface area contributed by atoms with Gasteiger partial charge in [-0.1, -0.05) is 17.7 Å². The lowest BCUT2D eigenvalue weighted by Gasteiger charge is -2.13. The predicted molar refractivity (Wildman–Crippen MR) is 109 cm³/mol. The van der Waals surface area contributed by atoms with Gasteiger partial charge >= 0.3 is 0 Å². The van der Waals surface area contributed by atoms with E-state index in [1.165, 1.54) is 12.1 Å². The van der Waals surface area contributed by atoms with Crippen molar-refractivity contribution in [3.8, 4) is 5.75 Å². The first-order valence-electron chi connectivity index (χ1n) is 9.67. The van der Waals surface area contributed by atoms with Crippen molar-refractivity contribution < 1.29 is 24.3 Å². The molecule has 0 aromatic heterocycles. The van der Waals surface area contributed by atoms with Gasteiger partial charge in [0.05, 0.1) is 11.1 Å². The molecule has 30 heavy (non-hydrogen) atoms. The van der Waals surface area contributed by atoms with E-state index >= 15 is 0 Å². The van der Waals surface area contributed by atoms with Crippen molar-refractivity contribution in [1.82, 2.24) is 15.5 Å². The number of phenols is 1. The summed E-state index contributed by atoms with van der Waals surface area (Å²) in [6.45, 7) is 2.57. The maximum atomic E-state index is 12.4. The Hall–Kier alpha value is -3.68. The second-order valence-corrected chi connectivity index (χ2v) is 7.07. The molecule has 3 N–H and O–H groups in total. The highest BCUT2D eigenvalue weighted by Gasteiger charge is 2.35. The van der Waals surface area contributed by atoms with Gasteiger partial charge in [-0.05, 0) is 43.7 Å². The van der Waals surface area contributed by atoms with Crippen LogP contribution in [0.25, 0.3) is 0 Å². The summed E-state index contributed by atoms with van der Waals surface area (Å²) in [7, 11) is 0. The first-order valence-corrected chi connectivity index (χ1v) is 9.67. The quantitative estimate of drug-likeness (QED) is 0.453. The third kappa shape index (κ3) is 4.83. The van der Waals surface area contributed by atoms with Gasteiger partial charge in [0.2, 0.25) is 5.91 Å². The van der Waals surface area contributed by atoms with E-state index in [1.54, 1.807) is 30.3 Å². The number of nitrogens with zero attached hydrogens (tertiary/aromatic N) is 1. The van der Waals surface area contributed by atoms with Crippen molar-refractivity contribution in [2.24, 2.45) is 0 Å². The van der Waals surface area contributed by atoms with Crippen LogP contribution in [0.1, 0.15) is 49.5 Å². The smallest absolute Gasteiger partial charge is 0.261 e. The summed E-state index contributed by atoms with van der Waals surface area (Å²) in [6.07, 6.45) is 0.530. The SMILES string of the molecule is Cc1ccc2c(c1)C(=O)N(CCC(=O)NCCCNC(=O)c1cccc(O)c1)C2=O. The molecule has 4 amide bonds. The summed E-state index contributed by atoms with van der Waals surface area (Å²) in [6, 6.07) is 11.1. The summed E-state index contributed by atoms with van der Waals surface area (Å²) in [5.74, 6) is -1.32. The number of aryl methyl sites for hydroxylation is 1. The zero-order chi connectivity index (χ0) is 21.7. The molecule has 0 aliphatic carbocycles. The van der Waals surface area contributed by atoms with Gasteiger partial charge in [-0.25, -0.2) is 0 Å². The molecule has 156 valence electrons. The Kier molecular flexibility index (Phi) is 6.46. The molecule has 0 bridgehead atoms. The zero-order valence-electron chi connectivity index (χ0n) is 16.6. The molecule has 0 spiro atoms. The number of hydrogen-bond donors (Lipinski definition) is 3. The molecule has 0 atom stereocenters. The van der Waals surface area contributed by atoms with Crippen LogP contribution in [0.3, 0.4) is 0 Å². The Balaban J connectivity index is 1.36. The number of aromatic hydroxyl groups is 1. The summed E-state index contributed by atoms with van der Waals surface area (Å²) in [5, 5.41) is 14.8. The third-order valence-corrected chi connectivity index (χ3v) is 4.76. The van der Waals surface area contributed by atoms with Crippen LogP contribution in [0.4, 0.5) is 0 Å². The Labute approximate surface area is 173 Å². The van der Waals surface area contributed by atoms with Crippen molar-refractivity contribution in [2.45, 2.75) is 19.8 Å². The number of rotatable bonds is 8. The molecule has 8 nitrogen and oxygen atoms in total. The summed E-state index contributed by atoms with van der Waals surface area (Å²) in [4.78, 5) is 49.8. The van der Waals surface area contributed by atoms with Crippen LogP contribution in [0.15, 0.2) is 42.5 Å². The number of fused-ring (bicyclic) bond motifs is 1. The number of imide groups is 1. The van der Waals surface area contributed by atoms with Gasteiger partial charge in [-0.3, -0.25) is 24.1 Å². The van der Waals surface area contributed by atoms with Gasteiger partial charge < -0.3 is 15.7 Å². The normalized spacial score (nSPS) is 12.6. The summed E-state index contributed by atoms with van der Waals surface area (Å²) >= 11 is 0. The monoisotopic (exact) mass is 409 g/mol. The van der Waals surface area contributed by atoms with Crippen molar-refractivity contribution in [3.05, 3.63) is 64.7 Å². The molecule has 1 heterocycles. The number of phenolic OH excluding ortho intramolecular Hbond substituents is 1. The van der Waals surface area contributed by atoms with Gasteiger partial charge in [0.25, 0.3) is 17.7 Å². The van der Waals surface area contributed by atoms with E-state index in [9.17, 15) is 24.3 Å². The molecule has 2 aromatic carbocycles. The van der Waals surface area contributed by atoms with Crippen LogP contribution < -0.4 is 10.6 Å². The van der Waals surface area contributed by atoms with E-state index in [2.05, 4.69) is 10.6 Å². The number of nitrogens with one attached hydrogen (secondary N) is 2. The molecule has 1 aliphatic heterocycles. The van der Waals surface area contributed by atoms with E-state index in [4.69, 9.17) is 0 Å². The van der Waals surface area contributed by atoms with Crippen molar-refractivity contribution >= 4 is 23.6 Å². The molecule has 0 saturated carbocycles. The molecule has 8 heteroatoms. The third-order valence-electron chi connectivity index (χ3n) is 4.76. The molecular formula is C22H23N3O5. The first-order chi connectivity index (χ1) is 14.4. The number of carbonyl (C=O) groups is 4. The molecule has 0 fully saturated rings. The van der Waals surface area contributed by atoms with Crippen LogP contribution in [0.2, 0.25) is 0 Å². The average molecular weight is 409 g/mol. The second kappa shape index (κ2) is 9.21. The highest BCUT2D eigenvalue weighted by Crippen LogP contribution is 2.23. The maximum Gasteiger partial charge on any atom is 0.261 e. The van der Waals surface area contributed by atoms with Crippen molar-refractivity contribution in [2.75, 3.05) is 19.6 Å². The molecule has 3 rings (SSSR count). The number of benzene rings is 2. The maximum absolute atomic E-state index is 12.4. The number of hydrogen-bond acceptors (Lipinski definition) is 5. The van der Waals surface area contributed by atoms with Crippen molar-refractivity contribution in [1.29, 1.82) is 0 Å². The lowest BCUT2D eigenvalue weighted by atomic mass is 10.1. The molecule has 0 saturated heterocycles. The minimum atomic E-state index is -0.377. The first kappa shape index (κ1) is 21.0. The second-order valence-electron chi connectivity index (χ2n) is 7.07. The fourth-order valence-electron chi connectivity index (χ4n) is 3.18. The van der Waals surface area contributed by atoms with E-state index in [1.807, 2.05) is 6.92 Å². The Morgan fingerprint density at radius 2 is 1.70 bits per heavy atom. The minimum absolute atomic E-state index is 0.0140. The Morgan fingerprint density at radius 1 is 0.967 bits per heavy atom. The highest BCUT2D eigenvalue weighted by molar-refractivity contribution is 6.21. The summed E-state index contributed by atoms with van der Waals surface area (Å²) < 4.78 is 0. The molecule has 1 aliphatic rings. The standard InChI is InChI=1S/C22H23N3O5/c1-14-6-7-17-18(12-14)22(30)25(21(17)29)11-8-19(27)23-9-3-10-24-20(28)15-4-2-5-16(26)13-15/h2,4-7,12-13,26H,3,8-11H2,1H3,(H,23,27)(H,24,28). The Morgan fingerprint density at radius 3 is 2.47 bits per heavy atom. The topological polar surface area (TPSA) is 116 Å². The van der Waals surface area contributed by atoms with Crippen LogP contribution >= 0.6 is 0 Å². The van der Waals surface area contributed by atoms with Crippen LogP contribution in [-0.2, 0) is 4.79 Å². The van der Waals surface area contributed by atoms with Crippen LogP contribution in [0, 0.1) is 6.92 Å². The average Bonchev–Trinajstić information content (AvgIpc) is 2.95. The fraction of sp³-hybridized carbons (Fsp3) is 0.273. The lowest BCUT2D eigenvalue weighted by Crippen LogP contribution is -2.35. The van der Waals surface area contributed by atoms with Gasteiger partial charge in [0.1, 0.15) is 5.75 Å². The van der Waals surface area contributed by atoms with E-state index < -0.39 is 0 Å². The Bertz CT molecular complexity index is 1000. The largest absolute Gasteiger partial charge is 0.508 e. The van der Waals surface area contributed by atoms with E-state index in [0.717, 1.165) is 10.5 Å². The number of carbonyl (C=O) groups excluding carboxylic acids is 4. The lowest BCUT2D eigenvalue weighted by molar-refractivity contribution is -0.121. The van der Waals surface area contributed by atoms with Crippen LogP contribution in [-0.4, -0.2) is 53.3 Å². The molecule has 2 aromatic rings. The van der Waals surface area contributed by atoms with E-state index in [-0.39, 0.29) is 42.3 Å². The fourth-order valence-corrected chi connectivity index (χ4v) is 3.18. The van der Waals surface area contributed by atoms with E-state index in [0.29, 0.717) is 36.2 Å². The van der Waals surface area contributed by atoms with Gasteiger partial charge in [0.15, 0.2) is 0 Å². The zero-order valence-corrected chi connectivity index (χ0v) is 16.6. The molecule has 0 unspecified atom stereocenters. The minimum Gasteiger partial charge on any atom is -0.508 e. The summed E-state index contributed by atoms with van der Waals surface area (Å²) in [5.41, 5.74) is 2.00. The molecular weight excluding hydrogens is 386 g/mol. The highest BCUT2D eigenvalue weighted by atomic mass is 16.3.